The van der Waals surface area contributed by atoms with Crippen LogP contribution in [0.3, 0.4) is 0 Å². The Morgan fingerprint density at radius 3 is 2.55 bits per heavy atom. The smallest absolute Gasteiger partial charge is 0.213 e. The molecule has 4 heteroatoms. The molecule has 1 saturated heterocycles. The molecule has 1 fully saturated rings. The fourth-order valence-electron chi connectivity index (χ4n) is 3.18. The molecular weight excluding hydrogens is 268 g/mol. The minimum atomic E-state index is -0.464. The Hall–Kier alpha value is -1.02. The summed E-state index contributed by atoms with van der Waals surface area (Å²) >= 11 is 1.81. The van der Waals surface area contributed by atoms with Crippen molar-refractivity contribution < 1.29 is 9.64 Å². The first kappa shape index (κ1) is 15.4. The van der Waals surface area contributed by atoms with E-state index in [1.807, 2.05) is 30.0 Å². The molecule has 0 aliphatic carbocycles. The standard InChI is InChI=1S/C16H22N2OS/c1-14(12-20-2)16(13-17,15-6-4-3-5-7-15)18-8-10-19-11-9-18/h3-7,14H,8-12H2,1-2H3/p+1/t14-,16-/m1/s1. The summed E-state index contributed by atoms with van der Waals surface area (Å²) in [6, 6.07) is 13.0. The first-order chi connectivity index (χ1) is 9.75. The lowest BCUT2D eigenvalue weighted by atomic mass is 9.79. The van der Waals surface area contributed by atoms with E-state index in [4.69, 9.17) is 4.74 Å². The lowest BCUT2D eigenvalue weighted by Crippen LogP contribution is -3.21. The average Bonchev–Trinajstić information content (AvgIpc) is 2.51. The molecule has 1 aliphatic heterocycles. The van der Waals surface area contributed by atoms with Crippen LogP contribution in [-0.4, -0.2) is 38.3 Å². The normalized spacial score (nSPS) is 20.9. The SMILES string of the molecule is CSC[C@@H](C)[C@](C#N)(c1ccccc1)[NH+]1CCOCC1. The van der Waals surface area contributed by atoms with Crippen molar-refractivity contribution in [3.05, 3.63) is 35.9 Å². The van der Waals surface area contributed by atoms with Crippen molar-refractivity contribution in [1.82, 2.24) is 0 Å². The van der Waals surface area contributed by atoms with Gasteiger partial charge in [-0.1, -0.05) is 37.3 Å². The maximum Gasteiger partial charge on any atom is 0.213 e. The highest BCUT2D eigenvalue weighted by molar-refractivity contribution is 7.98. The highest BCUT2D eigenvalue weighted by Gasteiger charge is 2.48. The van der Waals surface area contributed by atoms with Gasteiger partial charge in [0.05, 0.1) is 13.2 Å². The van der Waals surface area contributed by atoms with Crippen LogP contribution in [0.25, 0.3) is 0 Å². The number of benzene rings is 1. The Morgan fingerprint density at radius 1 is 1.35 bits per heavy atom. The Labute approximate surface area is 125 Å². The average molecular weight is 291 g/mol. The summed E-state index contributed by atoms with van der Waals surface area (Å²) in [5.41, 5.74) is 0.676. The number of hydrogen-bond donors (Lipinski definition) is 1. The molecule has 3 nitrogen and oxygen atoms in total. The number of ether oxygens (including phenoxy) is 1. The number of thioether (sulfide) groups is 1. The number of rotatable bonds is 5. The predicted molar refractivity (Wildman–Crippen MR) is 82.8 cm³/mol. The molecule has 0 bridgehead atoms. The van der Waals surface area contributed by atoms with Gasteiger partial charge in [0, 0.05) is 17.2 Å². The van der Waals surface area contributed by atoms with Crippen molar-refractivity contribution in [2.24, 2.45) is 5.92 Å². The third kappa shape index (κ3) is 2.85. The van der Waals surface area contributed by atoms with Gasteiger partial charge in [-0.05, 0) is 6.26 Å². The lowest BCUT2D eigenvalue weighted by Gasteiger charge is -2.41. The van der Waals surface area contributed by atoms with Crippen molar-refractivity contribution in [2.75, 3.05) is 38.3 Å². The van der Waals surface area contributed by atoms with Gasteiger partial charge >= 0.3 is 0 Å². The molecule has 20 heavy (non-hydrogen) atoms. The first-order valence-electron chi connectivity index (χ1n) is 7.14. The van der Waals surface area contributed by atoms with Gasteiger partial charge in [0.1, 0.15) is 19.2 Å². The quantitative estimate of drug-likeness (QED) is 0.889. The molecule has 0 spiro atoms. The van der Waals surface area contributed by atoms with E-state index in [-0.39, 0.29) is 0 Å². The third-order valence-corrected chi connectivity index (χ3v) is 5.05. The number of morpholine rings is 1. The Morgan fingerprint density at radius 2 is 2.00 bits per heavy atom. The zero-order valence-electron chi connectivity index (χ0n) is 12.3. The fraction of sp³-hybridized carbons (Fsp3) is 0.562. The fourth-order valence-corrected chi connectivity index (χ4v) is 3.93. The largest absolute Gasteiger partial charge is 0.370 e. The van der Waals surface area contributed by atoms with E-state index in [0.717, 1.165) is 37.6 Å². The Balaban J connectivity index is 2.43. The van der Waals surface area contributed by atoms with Crippen molar-refractivity contribution >= 4 is 11.8 Å². The van der Waals surface area contributed by atoms with Gasteiger partial charge in [0.25, 0.3) is 0 Å². The maximum atomic E-state index is 10.1. The molecule has 0 radical (unpaired) electrons. The Kier molecular flexibility index (Phi) is 5.47. The molecule has 108 valence electrons. The van der Waals surface area contributed by atoms with E-state index in [9.17, 15) is 5.26 Å². The van der Waals surface area contributed by atoms with Gasteiger partial charge in [-0.25, -0.2) is 0 Å². The summed E-state index contributed by atoms with van der Waals surface area (Å²) in [7, 11) is 0. The molecule has 1 aromatic carbocycles. The summed E-state index contributed by atoms with van der Waals surface area (Å²) in [4.78, 5) is 1.35. The number of quaternary nitrogens is 1. The maximum absolute atomic E-state index is 10.1. The molecule has 0 unspecified atom stereocenters. The minimum absolute atomic E-state index is 0.304. The number of nitrogens with one attached hydrogen (secondary N) is 1. The molecule has 0 saturated carbocycles. The summed E-state index contributed by atoms with van der Waals surface area (Å²) < 4.78 is 5.48. The second kappa shape index (κ2) is 7.12. The van der Waals surface area contributed by atoms with E-state index in [1.54, 1.807) is 0 Å². The molecule has 2 rings (SSSR count). The highest BCUT2D eigenvalue weighted by Crippen LogP contribution is 2.28. The van der Waals surface area contributed by atoms with E-state index in [0.29, 0.717) is 5.92 Å². The topological polar surface area (TPSA) is 37.5 Å². The second-order valence-electron chi connectivity index (χ2n) is 5.36. The van der Waals surface area contributed by atoms with Crippen LogP contribution in [0.4, 0.5) is 0 Å². The van der Waals surface area contributed by atoms with Crippen molar-refractivity contribution in [2.45, 2.75) is 12.5 Å². The first-order valence-corrected chi connectivity index (χ1v) is 8.53. The van der Waals surface area contributed by atoms with E-state index < -0.39 is 5.54 Å². The van der Waals surface area contributed by atoms with E-state index in [1.165, 1.54) is 4.90 Å². The number of hydrogen-bond acceptors (Lipinski definition) is 3. The summed E-state index contributed by atoms with van der Waals surface area (Å²) in [5, 5.41) is 10.1. The molecular formula is C16H23N2OS+. The number of nitrogens with zero attached hydrogens (tertiary/aromatic N) is 1. The van der Waals surface area contributed by atoms with Gasteiger partial charge in [0.15, 0.2) is 0 Å². The zero-order chi connectivity index (χ0) is 14.4. The van der Waals surface area contributed by atoms with Crippen LogP contribution < -0.4 is 4.90 Å². The molecule has 1 aromatic rings. The molecule has 1 aliphatic rings. The van der Waals surface area contributed by atoms with Crippen LogP contribution in [0.2, 0.25) is 0 Å². The van der Waals surface area contributed by atoms with Crippen molar-refractivity contribution in [3.63, 3.8) is 0 Å². The summed E-state index contributed by atoms with van der Waals surface area (Å²) in [6.07, 6.45) is 2.11. The van der Waals surface area contributed by atoms with E-state index in [2.05, 4.69) is 31.4 Å². The monoisotopic (exact) mass is 291 g/mol. The van der Waals surface area contributed by atoms with Crippen molar-refractivity contribution in [3.8, 4) is 6.07 Å². The van der Waals surface area contributed by atoms with Gasteiger partial charge in [0.2, 0.25) is 5.54 Å². The van der Waals surface area contributed by atoms with Crippen LogP contribution >= 0.6 is 11.8 Å². The summed E-state index contributed by atoms with van der Waals surface area (Å²) in [5.74, 6) is 1.30. The molecule has 0 aromatic heterocycles. The van der Waals surface area contributed by atoms with Gasteiger partial charge < -0.3 is 9.64 Å². The van der Waals surface area contributed by atoms with Crippen LogP contribution in [0.1, 0.15) is 12.5 Å². The third-order valence-electron chi connectivity index (χ3n) is 4.22. The number of nitriles is 1. The minimum Gasteiger partial charge on any atom is -0.370 e. The van der Waals surface area contributed by atoms with Gasteiger partial charge in [-0.15, -0.1) is 0 Å². The van der Waals surface area contributed by atoms with Gasteiger partial charge in [-0.2, -0.15) is 17.0 Å². The highest BCUT2D eigenvalue weighted by atomic mass is 32.2. The summed E-state index contributed by atoms with van der Waals surface area (Å²) in [6.45, 7) is 5.51. The van der Waals surface area contributed by atoms with Crippen LogP contribution in [0.15, 0.2) is 30.3 Å². The zero-order valence-corrected chi connectivity index (χ0v) is 13.1. The molecule has 1 heterocycles. The second-order valence-corrected chi connectivity index (χ2v) is 6.27. The Bertz CT molecular complexity index is 453. The predicted octanol–water partition coefficient (Wildman–Crippen LogP) is 1.32. The van der Waals surface area contributed by atoms with Crippen LogP contribution in [0, 0.1) is 17.2 Å². The van der Waals surface area contributed by atoms with Crippen LogP contribution in [0.5, 0.6) is 0 Å². The lowest BCUT2D eigenvalue weighted by molar-refractivity contribution is -0.962. The van der Waals surface area contributed by atoms with Crippen LogP contribution in [-0.2, 0) is 10.3 Å². The molecule has 1 N–H and O–H groups in total. The molecule has 2 atom stereocenters. The van der Waals surface area contributed by atoms with E-state index >= 15 is 0 Å². The molecule has 0 amide bonds. The van der Waals surface area contributed by atoms with Crippen molar-refractivity contribution in [1.29, 1.82) is 5.26 Å². The van der Waals surface area contributed by atoms with Gasteiger partial charge in [-0.3, -0.25) is 0 Å².